The zero-order valence-corrected chi connectivity index (χ0v) is 18.5. The summed E-state index contributed by atoms with van der Waals surface area (Å²) in [7, 11) is 0. The Kier molecular flexibility index (Phi) is 5.53. The fraction of sp³-hybridized carbons (Fsp3) is 0.920. The fourth-order valence-electron chi connectivity index (χ4n) is 9.11. The highest BCUT2D eigenvalue weighted by atomic mass is 16.4. The number of hydrogen-bond acceptors (Lipinski definition) is 2. The van der Waals surface area contributed by atoms with E-state index in [1.807, 2.05) is 0 Å². The van der Waals surface area contributed by atoms with Gasteiger partial charge in [0.2, 0.25) is 0 Å². The number of hydrogen-bond donors (Lipinski definition) is 2. The Balaban J connectivity index is 1.52. The van der Waals surface area contributed by atoms with Crippen molar-refractivity contribution in [2.45, 2.75) is 91.4 Å². The van der Waals surface area contributed by atoms with Gasteiger partial charge in [0.15, 0.2) is 5.92 Å². The molecule has 0 spiro atoms. The van der Waals surface area contributed by atoms with E-state index in [0.717, 1.165) is 30.1 Å². The van der Waals surface area contributed by atoms with Crippen molar-refractivity contribution in [3.63, 3.8) is 0 Å². The van der Waals surface area contributed by atoms with Crippen molar-refractivity contribution >= 4 is 11.9 Å². The summed E-state index contributed by atoms with van der Waals surface area (Å²) in [6.07, 6.45) is 13.7. The lowest BCUT2D eigenvalue weighted by molar-refractivity contribution is -0.156. The molecule has 4 aliphatic carbocycles. The molecule has 0 radical (unpaired) electrons. The predicted octanol–water partition coefficient (Wildman–Crippen LogP) is 5.85. The molecule has 4 heteroatoms. The van der Waals surface area contributed by atoms with E-state index >= 15 is 0 Å². The van der Waals surface area contributed by atoms with Gasteiger partial charge in [-0.3, -0.25) is 9.59 Å². The fourth-order valence-corrected chi connectivity index (χ4v) is 9.11. The van der Waals surface area contributed by atoms with Gasteiger partial charge in [0.05, 0.1) is 0 Å². The van der Waals surface area contributed by atoms with Crippen molar-refractivity contribution in [1.82, 2.24) is 0 Å². The summed E-state index contributed by atoms with van der Waals surface area (Å²) in [5, 5.41) is 18.7. The third kappa shape index (κ3) is 3.33. The minimum Gasteiger partial charge on any atom is -0.481 e. The number of carboxylic acid groups (broad SMARTS) is 2. The summed E-state index contributed by atoms with van der Waals surface area (Å²) in [5.74, 6) is 0.381. The Morgan fingerprint density at radius 1 is 0.862 bits per heavy atom. The first kappa shape index (κ1) is 21.2. The molecule has 0 aromatic carbocycles. The molecule has 29 heavy (non-hydrogen) atoms. The highest BCUT2D eigenvalue weighted by molar-refractivity contribution is 5.92. The maximum Gasteiger partial charge on any atom is 0.317 e. The van der Waals surface area contributed by atoms with Crippen LogP contribution in [0.4, 0.5) is 0 Å². The second-order valence-electron chi connectivity index (χ2n) is 11.6. The average molecular weight is 405 g/mol. The van der Waals surface area contributed by atoms with Crippen LogP contribution in [0.25, 0.3) is 0 Å². The summed E-state index contributed by atoms with van der Waals surface area (Å²) in [4.78, 5) is 22.9. The van der Waals surface area contributed by atoms with Crippen LogP contribution in [0.1, 0.15) is 91.4 Å². The van der Waals surface area contributed by atoms with Crippen LogP contribution in [0, 0.1) is 52.3 Å². The van der Waals surface area contributed by atoms with E-state index in [2.05, 4.69) is 20.8 Å². The van der Waals surface area contributed by atoms with Crippen LogP contribution in [-0.2, 0) is 9.59 Å². The second kappa shape index (κ2) is 7.57. The van der Waals surface area contributed by atoms with Gasteiger partial charge < -0.3 is 10.2 Å². The molecule has 4 aliphatic rings. The summed E-state index contributed by atoms with van der Waals surface area (Å²) in [5.41, 5.74) is 0.809. The van der Waals surface area contributed by atoms with Crippen molar-refractivity contribution in [2.24, 2.45) is 52.3 Å². The second-order valence-corrected chi connectivity index (χ2v) is 11.6. The molecule has 0 aromatic rings. The number of aliphatic carboxylic acids is 2. The molecule has 0 bridgehead atoms. The smallest absolute Gasteiger partial charge is 0.317 e. The van der Waals surface area contributed by atoms with E-state index in [1.54, 1.807) is 0 Å². The molecule has 4 saturated carbocycles. The van der Waals surface area contributed by atoms with Gasteiger partial charge >= 0.3 is 11.9 Å². The molecule has 4 fully saturated rings. The Morgan fingerprint density at radius 3 is 2.24 bits per heavy atom. The number of carboxylic acids is 2. The topological polar surface area (TPSA) is 74.6 Å². The summed E-state index contributed by atoms with van der Waals surface area (Å²) < 4.78 is 0. The lowest BCUT2D eigenvalue weighted by Gasteiger charge is -2.61. The molecular formula is C25H40O4. The van der Waals surface area contributed by atoms with E-state index in [4.69, 9.17) is 0 Å². The van der Waals surface area contributed by atoms with Gasteiger partial charge in [0.1, 0.15) is 0 Å². The van der Waals surface area contributed by atoms with Crippen LogP contribution >= 0.6 is 0 Å². The number of carbonyl (C=O) groups is 2. The van der Waals surface area contributed by atoms with Gasteiger partial charge in [-0.1, -0.05) is 33.6 Å². The van der Waals surface area contributed by atoms with E-state index in [1.165, 1.54) is 57.8 Å². The zero-order chi connectivity index (χ0) is 21.0. The van der Waals surface area contributed by atoms with E-state index < -0.39 is 17.9 Å². The normalized spacial score (nSPS) is 45.2. The molecule has 0 amide bonds. The summed E-state index contributed by atoms with van der Waals surface area (Å²) in [6.45, 7) is 7.19. The minimum absolute atomic E-state index is 0.153. The first-order chi connectivity index (χ1) is 13.7. The van der Waals surface area contributed by atoms with Crippen molar-refractivity contribution in [2.75, 3.05) is 0 Å². The van der Waals surface area contributed by atoms with Crippen LogP contribution < -0.4 is 0 Å². The molecule has 4 rings (SSSR count). The Bertz CT molecular complexity index is 645. The van der Waals surface area contributed by atoms with Crippen LogP contribution in [-0.4, -0.2) is 22.2 Å². The molecule has 164 valence electrons. The maximum atomic E-state index is 11.4. The minimum atomic E-state index is -1.26. The molecule has 0 aliphatic heterocycles. The maximum absolute atomic E-state index is 11.4. The predicted molar refractivity (Wildman–Crippen MR) is 112 cm³/mol. The Hall–Kier alpha value is -1.06. The lowest BCUT2D eigenvalue weighted by atomic mass is 9.44. The van der Waals surface area contributed by atoms with Gasteiger partial charge in [0, 0.05) is 0 Å². The van der Waals surface area contributed by atoms with Crippen LogP contribution in [0.5, 0.6) is 0 Å². The molecule has 0 aromatic heterocycles. The van der Waals surface area contributed by atoms with Gasteiger partial charge in [-0.25, -0.2) is 0 Å². The van der Waals surface area contributed by atoms with Crippen LogP contribution in [0.15, 0.2) is 0 Å². The van der Waals surface area contributed by atoms with Crippen LogP contribution in [0.3, 0.4) is 0 Å². The summed E-state index contributed by atoms with van der Waals surface area (Å²) >= 11 is 0. The monoisotopic (exact) mass is 404 g/mol. The number of rotatable bonds is 5. The highest BCUT2D eigenvalue weighted by Gasteiger charge is 2.60. The zero-order valence-electron chi connectivity index (χ0n) is 18.5. The van der Waals surface area contributed by atoms with Gasteiger partial charge in [-0.05, 0) is 104 Å². The van der Waals surface area contributed by atoms with E-state index in [-0.39, 0.29) is 17.8 Å². The molecule has 8 atom stereocenters. The van der Waals surface area contributed by atoms with Crippen molar-refractivity contribution in [3.8, 4) is 0 Å². The Morgan fingerprint density at radius 2 is 1.55 bits per heavy atom. The van der Waals surface area contributed by atoms with Gasteiger partial charge in [-0.15, -0.1) is 0 Å². The number of fused-ring (bicyclic) bond motifs is 5. The Labute approximate surface area is 175 Å². The van der Waals surface area contributed by atoms with Crippen molar-refractivity contribution in [3.05, 3.63) is 0 Å². The molecule has 4 nitrogen and oxygen atoms in total. The van der Waals surface area contributed by atoms with Crippen molar-refractivity contribution in [1.29, 1.82) is 0 Å². The molecule has 0 saturated heterocycles. The van der Waals surface area contributed by atoms with Crippen LogP contribution in [0.2, 0.25) is 0 Å². The first-order valence-electron chi connectivity index (χ1n) is 12.1. The van der Waals surface area contributed by atoms with Gasteiger partial charge in [-0.2, -0.15) is 0 Å². The van der Waals surface area contributed by atoms with Gasteiger partial charge in [0.25, 0.3) is 0 Å². The first-order valence-corrected chi connectivity index (χ1v) is 12.1. The lowest BCUT2D eigenvalue weighted by Crippen LogP contribution is -2.53. The highest BCUT2D eigenvalue weighted by Crippen LogP contribution is 2.68. The van der Waals surface area contributed by atoms with E-state index in [0.29, 0.717) is 11.3 Å². The average Bonchev–Trinajstić information content (AvgIpc) is 3.02. The molecule has 0 heterocycles. The third-order valence-electron chi connectivity index (χ3n) is 10.5. The molecular weight excluding hydrogens is 364 g/mol. The largest absolute Gasteiger partial charge is 0.481 e. The third-order valence-corrected chi connectivity index (χ3v) is 10.5. The standard InChI is InChI=1S/C25H40O4/c1-15(14-18(22(26)27)23(28)29)19-9-10-20-17-8-7-16-6-4-5-12-24(16,2)21(17)11-13-25(19,20)3/h15-21H,4-14H2,1-3H3,(H,26,27)(H,28,29)/t15-,16?,17+,19-,20+,21+,24+,25-/m1/s1. The van der Waals surface area contributed by atoms with Crippen molar-refractivity contribution < 1.29 is 19.8 Å². The SMILES string of the molecule is C[C@H](CC(C(=O)O)C(=O)O)[C@H]1CC[C@H]2[C@@H]3CCC4CCCC[C@]4(C)[C@H]3CC[C@]12C. The van der Waals surface area contributed by atoms with E-state index in [9.17, 15) is 19.8 Å². The summed E-state index contributed by atoms with van der Waals surface area (Å²) in [6, 6.07) is 0. The molecule has 1 unspecified atom stereocenters. The quantitative estimate of drug-likeness (QED) is 0.564. The molecule has 2 N–H and O–H groups in total.